The van der Waals surface area contributed by atoms with Gasteiger partial charge in [0.05, 0.1) is 5.56 Å². The quantitative estimate of drug-likeness (QED) is 0.819. The summed E-state index contributed by atoms with van der Waals surface area (Å²) in [7, 11) is 2.19. The number of aryl methyl sites for hydroxylation is 1. The van der Waals surface area contributed by atoms with Gasteiger partial charge < -0.3 is 9.80 Å². The van der Waals surface area contributed by atoms with Crippen LogP contribution in [0.5, 0.6) is 0 Å². The summed E-state index contributed by atoms with van der Waals surface area (Å²) >= 11 is 0. The first-order valence-corrected chi connectivity index (χ1v) is 10.1. The molecule has 4 rings (SSSR count). The second-order valence-electron chi connectivity index (χ2n) is 8.54. The van der Waals surface area contributed by atoms with Gasteiger partial charge in [-0.2, -0.15) is 5.26 Å². The normalized spacial score (nSPS) is 26.9. The van der Waals surface area contributed by atoms with E-state index in [4.69, 9.17) is 0 Å². The van der Waals surface area contributed by atoms with Gasteiger partial charge in [0.1, 0.15) is 11.9 Å². The zero-order valence-electron chi connectivity index (χ0n) is 16.4. The average Bonchev–Trinajstić information content (AvgIpc) is 3.50. The van der Waals surface area contributed by atoms with Crippen molar-refractivity contribution in [1.29, 1.82) is 5.26 Å². The molecule has 3 fully saturated rings. The minimum Gasteiger partial charge on any atom is -0.352 e. The maximum absolute atomic E-state index is 12.6. The van der Waals surface area contributed by atoms with Crippen LogP contribution >= 0.6 is 0 Å². The molecule has 1 spiro atoms. The second kappa shape index (κ2) is 7.12. The predicted octanol–water partition coefficient (Wildman–Crippen LogP) is 2.17. The monoisotopic (exact) mass is 367 g/mol. The number of amides is 1. The van der Waals surface area contributed by atoms with Gasteiger partial charge in [-0.1, -0.05) is 0 Å². The fraction of sp³-hybridized carbons (Fsp3) is 0.667. The van der Waals surface area contributed by atoms with E-state index in [1.807, 2.05) is 19.1 Å². The van der Waals surface area contributed by atoms with Crippen LogP contribution < -0.4 is 4.90 Å². The molecular formula is C21H29N5O. The third kappa shape index (κ3) is 3.66. The Bertz CT molecular complexity index is 768. The van der Waals surface area contributed by atoms with Crippen molar-refractivity contribution in [2.24, 2.45) is 5.92 Å². The number of nitriles is 1. The average molecular weight is 367 g/mol. The van der Waals surface area contributed by atoms with Crippen molar-refractivity contribution in [3.63, 3.8) is 0 Å². The van der Waals surface area contributed by atoms with Gasteiger partial charge in [0.15, 0.2) is 0 Å². The zero-order chi connectivity index (χ0) is 19.0. The lowest BCUT2D eigenvalue weighted by Gasteiger charge is -2.49. The molecule has 3 heterocycles. The van der Waals surface area contributed by atoms with Crippen molar-refractivity contribution in [2.45, 2.75) is 44.6 Å². The molecule has 0 radical (unpaired) electrons. The maximum atomic E-state index is 12.6. The lowest BCUT2D eigenvalue weighted by Crippen LogP contribution is -2.61. The van der Waals surface area contributed by atoms with E-state index < -0.39 is 0 Å². The molecule has 1 aromatic heterocycles. The minimum absolute atomic E-state index is 0.0234. The van der Waals surface area contributed by atoms with Crippen LogP contribution in [0.2, 0.25) is 0 Å². The van der Waals surface area contributed by atoms with Crippen LogP contribution in [0.1, 0.15) is 43.4 Å². The summed E-state index contributed by atoms with van der Waals surface area (Å²) in [5.41, 5.74) is 1.55. The van der Waals surface area contributed by atoms with Crippen LogP contribution in [-0.2, 0) is 4.79 Å². The van der Waals surface area contributed by atoms with Gasteiger partial charge in [-0.05, 0) is 57.7 Å². The van der Waals surface area contributed by atoms with Crippen LogP contribution in [0, 0.1) is 24.2 Å². The van der Waals surface area contributed by atoms with Crippen molar-refractivity contribution < 1.29 is 4.79 Å². The molecule has 6 nitrogen and oxygen atoms in total. The number of rotatable bonds is 3. The molecule has 6 heteroatoms. The molecule has 1 amide bonds. The summed E-state index contributed by atoms with van der Waals surface area (Å²) in [6.45, 7) is 6.39. The number of likely N-dealkylation sites (N-methyl/N-ethyl adjacent to an activating group) is 1. The molecule has 2 saturated heterocycles. The first kappa shape index (κ1) is 18.2. The van der Waals surface area contributed by atoms with Crippen molar-refractivity contribution in [3.8, 4) is 6.07 Å². The van der Waals surface area contributed by atoms with Crippen LogP contribution in [0.25, 0.3) is 0 Å². The Labute approximate surface area is 161 Å². The molecule has 0 N–H and O–H groups in total. The van der Waals surface area contributed by atoms with Crippen LogP contribution in [0.3, 0.4) is 0 Å². The molecule has 1 aromatic rings. The molecule has 0 bridgehead atoms. The van der Waals surface area contributed by atoms with E-state index in [9.17, 15) is 10.1 Å². The maximum Gasteiger partial charge on any atom is 0.222 e. The summed E-state index contributed by atoms with van der Waals surface area (Å²) in [5.74, 6) is 1.85. The number of carbonyl (C=O) groups excluding carboxylic acids is 1. The smallest absolute Gasteiger partial charge is 0.222 e. The van der Waals surface area contributed by atoms with E-state index in [0.29, 0.717) is 17.9 Å². The Morgan fingerprint density at radius 3 is 2.81 bits per heavy atom. The van der Waals surface area contributed by atoms with E-state index in [2.05, 4.69) is 32.8 Å². The number of piperazine rings is 1. The lowest BCUT2D eigenvalue weighted by atomic mass is 9.86. The van der Waals surface area contributed by atoms with E-state index in [0.717, 1.165) is 63.0 Å². The second-order valence-corrected chi connectivity index (χ2v) is 8.54. The summed E-state index contributed by atoms with van der Waals surface area (Å²) in [6, 6.07) is 6.07. The van der Waals surface area contributed by atoms with Crippen LogP contribution in [0.4, 0.5) is 5.82 Å². The number of anilines is 1. The highest BCUT2D eigenvalue weighted by atomic mass is 16.2. The van der Waals surface area contributed by atoms with Gasteiger partial charge >= 0.3 is 0 Å². The Hall–Kier alpha value is -2.13. The summed E-state index contributed by atoms with van der Waals surface area (Å²) < 4.78 is 0. The highest BCUT2D eigenvalue weighted by Gasteiger charge is 2.43. The highest BCUT2D eigenvalue weighted by molar-refractivity contribution is 5.76. The van der Waals surface area contributed by atoms with Gasteiger partial charge in [-0.25, -0.2) is 4.98 Å². The third-order valence-electron chi connectivity index (χ3n) is 6.61. The molecule has 1 atom stereocenters. The number of pyridine rings is 1. The van der Waals surface area contributed by atoms with Gasteiger partial charge in [0.25, 0.3) is 0 Å². The van der Waals surface area contributed by atoms with E-state index >= 15 is 0 Å². The first-order chi connectivity index (χ1) is 13.0. The zero-order valence-corrected chi connectivity index (χ0v) is 16.4. The SMILES string of the molecule is Cc1ccc(C#N)c(N2CCN(C)[C@]3(CCC(=O)N(CC4CC4)CC3)C2)n1. The number of likely N-dealkylation sites (tertiary alicyclic amines) is 1. The number of hydrogen-bond donors (Lipinski definition) is 0. The van der Waals surface area contributed by atoms with Crippen molar-refractivity contribution in [2.75, 3.05) is 44.7 Å². The van der Waals surface area contributed by atoms with E-state index in [1.165, 1.54) is 12.8 Å². The van der Waals surface area contributed by atoms with Crippen LogP contribution in [-0.4, -0.2) is 66.0 Å². The van der Waals surface area contributed by atoms with Crippen molar-refractivity contribution >= 4 is 11.7 Å². The third-order valence-corrected chi connectivity index (χ3v) is 6.61. The Morgan fingerprint density at radius 2 is 2.07 bits per heavy atom. The van der Waals surface area contributed by atoms with Gasteiger partial charge in [0, 0.05) is 50.4 Å². The predicted molar refractivity (Wildman–Crippen MR) is 104 cm³/mol. The fourth-order valence-electron chi connectivity index (χ4n) is 4.55. The first-order valence-electron chi connectivity index (χ1n) is 10.1. The summed E-state index contributed by atoms with van der Waals surface area (Å²) in [4.78, 5) is 24.1. The largest absolute Gasteiger partial charge is 0.352 e. The molecule has 0 unspecified atom stereocenters. The number of aromatic nitrogens is 1. The molecule has 1 saturated carbocycles. The molecule has 2 aliphatic heterocycles. The Morgan fingerprint density at radius 1 is 1.26 bits per heavy atom. The number of nitrogens with zero attached hydrogens (tertiary/aromatic N) is 5. The Balaban J connectivity index is 1.56. The number of carbonyl (C=O) groups is 1. The minimum atomic E-state index is -0.0234. The van der Waals surface area contributed by atoms with Crippen LogP contribution in [0.15, 0.2) is 12.1 Å². The van der Waals surface area contributed by atoms with Gasteiger partial charge in [-0.15, -0.1) is 0 Å². The molecular weight excluding hydrogens is 338 g/mol. The standard InChI is InChI=1S/C21H29N5O/c1-16-3-6-18(13-22)20(23-16)26-12-11-24(2)21(15-26)8-7-19(27)25(10-9-21)14-17-4-5-17/h3,6,17H,4-5,7-12,14-15H2,1-2H3/t21-/m0/s1. The Kier molecular flexibility index (Phi) is 4.81. The van der Waals surface area contributed by atoms with Gasteiger partial charge in [0.2, 0.25) is 5.91 Å². The molecule has 0 aromatic carbocycles. The highest BCUT2D eigenvalue weighted by Crippen LogP contribution is 2.36. The van der Waals surface area contributed by atoms with E-state index in [1.54, 1.807) is 0 Å². The van der Waals surface area contributed by atoms with Gasteiger partial charge in [-0.3, -0.25) is 9.69 Å². The fourth-order valence-corrected chi connectivity index (χ4v) is 4.55. The number of hydrogen-bond acceptors (Lipinski definition) is 5. The summed E-state index contributed by atoms with van der Waals surface area (Å²) in [6.07, 6.45) is 5.05. The van der Waals surface area contributed by atoms with E-state index in [-0.39, 0.29) is 5.54 Å². The molecule has 3 aliphatic rings. The lowest BCUT2D eigenvalue weighted by molar-refractivity contribution is -0.130. The molecule has 1 aliphatic carbocycles. The van der Waals surface area contributed by atoms with Crippen molar-refractivity contribution in [1.82, 2.24) is 14.8 Å². The molecule has 27 heavy (non-hydrogen) atoms. The molecule has 144 valence electrons. The van der Waals surface area contributed by atoms with Crippen molar-refractivity contribution in [3.05, 3.63) is 23.4 Å². The summed E-state index contributed by atoms with van der Waals surface area (Å²) in [5, 5.41) is 9.52. The topological polar surface area (TPSA) is 63.5 Å².